The SMILES string of the molecule is CCC(=O)c1ccc(Cl)c(N2C=C(C)OC2C)c1. The summed E-state index contributed by atoms with van der Waals surface area (Å²) in [5.74, 6) is 0.951. The fourth-order valence-corrected chi connectivity index (χ4v) is 2.23. The van der Waals surface area contributed by atoms with Gasteiger partial charge in [-0.15, -0.1) is 0 Å². The van der Waals surface area contributed by atoms with Gasteiger partial charge in [0.25, 0.3) is 0 Å². The van der Waals surface area contributed by atoms with E-state index < -0.39 is 0 Å². The molecule has 2 rings (SSSR count). The molecular formula is C14H16ClNO2. The highest BCUT2D eigenvalue weighted by atomic mass is 35.5. The molecule has 1 aromatic carbocycles. The van der Waals surface area contributed by atoms with Crippen molar-refractivity contribution >= 4 is 23.1 Å². The minimum absolute atomic E-state index is 0.102. The lowest BCUT2D eigenvalue weighted by atomic mass is 10.1. The maximum Gasteiger partial charge on any atom is 0.172 e. The molecular weight excluding hydrogens is 250 g/mol. The summed E-state index contributed by atoms with van der Waals surface area (Å²) in [7, 11) is 0. The van der Waals surface area contributed by atoms with Crippen molar-refractivity contribution in [1.29, 1.82) is 0 Å². The predicted octanol–water partition coefficient (Wildman–Crippen LogP) is 3.98. The molecule has 0 aromatic heterocycles. The number of rotatable bonds is 3. The number of hydrogen-bond acceptors (Lipinski definition) is 3. The first-order chi connectivity index (χ1) is 8.52. The number of nitrogens with zero attached hydrogens (tertiary/aromatic N) is 1. The number of carbonyl (C=O) groups excluding carboxylic acids is 1. The van der Waals surface area contributed by atoms with Crippen molar-refractivity contribution in [3.63, 3.8) is 0 Å². The van der Waals surface area contributed by atoms with Gasteiger partial charge in [-0.2, -0.15) is 0 Å². The summed E-state index contributed by atoms with van der Waals surface area (Å²) in [6, 6.07) is 5.34. The predicted molar refractivity (Wildman–Crippen MR) is 72.9 cm³/mol. The van der Waals surface area contributed by atoms with Crippen LogP contribution in [0.3, 0.4) is 0 Å². The van der Waals surface area contributed by atoms with Gasteiger partial charge in [-0.1, -0.05) is 18.5 Å². The molecule has 1 heterocycles. The van der Waals surface area contributed by atoms with Crippen LogP contribution in [0, 0.1) is 0 Å². The Hall–Kier alpha value is -1.48. The number of ether oxygens (including phenoxy) is 1. The molecule has 0 radical (unpaired) electrons. The molecule has 0 bridgehead atoms. The minimum atomic E-state index is -0.102. The molecule has 0 fully saturated rings. The maximum absolute atomic E-state index is 11.7. The van der Waals surface area contributed by atoms with Crippen molar-refractivity contribution in [3.05, 3.63) is 40.7 Å². The lowest BCUT2D eigenvalue weighted by Crippen LogP contribution is -2.24. The topological polar surface area (TPSA) is 29.5 Å². The fourth-order valence-electron chi connectivity index (χ4n) is 2.01. The van der Waals surface area contributed by atoms with Gasteiger partial charge in [-0.05, 0) is 32.0 Å². The number of halogens is 1. The number of Topliss-reactive ketones (excluding diaryl/α,β-unsaturated/α-hetero) is 1. The molecule has 96 valence electrons. The number of hydrogen-bond donors (Lipinski definition) is 0. The second kappa shape index (κ2) is 5.02. The van der Waals surface area contributed by atoms with Crippen LogP contribution in [0.25, 0.3) is 0 Å². The number of allylic oxidation sites excluding steroid dienone is 1. The van der Waals surface area contributed by atoms with Gasteiger partial charge in [0, 0.05) is 18.2 Å². The minimum Gasteiger partial charge on any atom is -0.474 e. The van der Waals surface area contributed by atoms with E-state index in [1.165, 1.54) is 0 Å². The highest BCUT2D eigenvalue weighted by Gasteiger charge is 2.23. The first-order valence-corrected chi connectivity index (χ1v) is 6.37. The molecule has 1 unspecified atom stereocenters. The molecule has 0 spiro atoms. The molecule has 0 saturated heterocycles. The zero-order valence-electron chi connectivity index (χ0n) is 10.7. The Morgan fingerprint density at radius 1 is 1.50 bits per heavy atom. The molecule has 1 aliphatic heterocycles. The molecule has 4 heteroatoms. The number of anilines is 1. The Kier molecular flexibility index (Phi) is 3.62. The second-order valence-electron chi connectivity index (χ2n) is 4.31. The van der Waals surface area contributed by atoms with Crippen LogP contribution in [0.4, 0.5) is 5.69 Å². The van der Waals surface area contributed by atoms with E-state index >= 15 is 0 Å². The Morgan fingerprint density at radius 2 is 2.22 bits per heavy atom. The highest BCUT2D eigenvalue weighted by molar-refractivity contribution is 6.33. The van der Waals surface area contributed by atoms with E-state index in [1.54, 1.807) is 12.1 Å². The van der Waals surface area contributed by atoms with Crippen LogP contribution in [-0.2, 0) is 4.74 Å². The lowest BCUT2D eigenvalue weighted by Gasteiger charge is -2.22. The second-order valence-corrected chi connectivity index (χ2v) is 4.71. The average molecular weight is 266 g/mol. The van der Waals surface area contributed by atoms with Crippen molar-refractivity contribution < 1.29 is 9.53 Å². The first kappa shape index (κ1) is 13.0. The third-order valence-corrected chi connectivity index (χ3v) is 3.26. The summed E-state index contributed by atoms with van der Waals surface area (Å²) in [4.78, 5) is 13.7. The Morgan fingerprint density at radius 3 is 2.78 bits per heavy atom. The maximum atomic E-state index is 11.7. The van der Waals surface area contributed by atoms with Crippen LogP contribution in [-0.4, -0.2) is 12.0 Å². The van der Waals surface area contributed by atoms with Crippen LogP contribution in [0.15, 0.2) is 30.2 Å². The standard InChI is InChI=1S/C14H16ClNO2/c1-4-14(17)11-5-6-12(15)13(7-11)16-8-9(2)18-10(16)3/h5-8,10H,4H2,1-3H3. The Balaban J connectivity index is 2.41. The van der Waals surface area contributed by atoms with E-state index in [-0.39, 0.29) is 12.0 Å². The van der Waals surface area contributed by atoms with Gasteiger partial charge in [0.2, 0.25) is 0 Å². The zero-order chi connectivity index (χ0) is 13.3. The van der Waals surface area contributed by atoms with Crippen molar-refractivity contribution in [2.45, 2.75) is 33.4 Å². The number of carbonyl (C=O) groups is 1. The van der Waals surface area contributed by atoms with Crippen LogP contribution < -0.4 is 4.90 Å². The summed E-state index contributed by atoms with van der Waals surface area (Å²) in [5.41, 5.74) is 1.49. The van der Waals surface area contributed by atoms with Gasteiger partial charge in [0.1, 0.15) is 5.76 Å². The molecule has 18 heavy (non-hydrogen) atoms. The molecule has 0 N–H and O–H groups in total. The van der Waals surface area contributed by atoms with Crippen LogP contribution in [0.5, 0.6) is 0 Å². The van der Waals surface area contributed by atoms with Crippen molar-refractivity contribution in [2.75, 3.05) is 4.90 Å². The van der Waals surface area contributed by atoms with Gasteiger partial charge in [0.05, 0.1) is 10.7 Å². The van der Waals surface area contributed by atoms with Gasteiger partial charge >= 0.3 is 0 Å². The number of benzene rings is 1. The zero-order valence-corrected chi connectivity index (χ0v) is 11.5. The monoisotopic (exact) mass is 265 g/mol. The molecule has 1 aromatic rings. The van der Waals surface area contributed by atoms with Crippen molar-refractivity contribution in [2.24, 2.45) is 0 Å². The summed E-state index contributed by atoms with van der Waals surface area (Å²) < 4.78 is 5.55. The molecule has 1 aliphatic rings. The molecule has 0 saturated carbocycles. The van der Waals surface area contributed by atoms with E-state index in [0.29, 0.717) is 17.0 Å². The number of ketones is 1. The van der Waals surface area contributed by atoms with Crippen LogP contribution >= 0.6 is 11.6 Å². The van der Waals surface area contributed by atoms with E-state index in [9.17, 15) is 4.79 Å². The van der Waals surface area contributed by atoms with Gasteiger partial charge in [-0.3, -0.25) is 4.79 Å². The quantitative estimate of drug-likeness (QED) is 0.775. The molecule has 0 amide bonds. The highest BCUT2D eigenvalue weighted by Crippen LogP contribution is 2.33. The normalized spacial score (nSPS) is 18.6. The Labute approximate surface area is 112 Å². The Bertz CT molecular complexity index is 511. The fraction of sp³-hybridized carbons (Fsp3) is 0.357. The lowest BCUT2D eigenvalue weighted by molar-refractivity contribution is 0.0988. The van der Waals surface area contributed by atoms with Gasteiger partial charge in [-0.25, -0.2) is 0 Å². The van der Waals surface area contributed by atoms with Crippen LogP contribution in [0.1, 0.15) is 37.6 Å². The van der Waals surface area contributed by atoms with E-state index in [0.717, 1.165) is 11.4 Å². The third-order valence-electron chi connectivity index (χ3n) is 2.94. The molecule has 1 atom stereocenters. The van der Waals surface area contributed by atoms with Crippen LogP contribution in [0.2, 0.25) is 5.02 Å². The van der Waals surface area contributed by atoms with E-state index in [2.05, 4.69) is 0 Å². The average Bonchev–Trinajstić information content (AvgIpc) is 2.68. The summed E-state index contributed by atoms with van der Waals surface area (Å²) >= 11 is 6.20. The summed E-state index contributed by atoms with van der Waals surface area (Å²) in [6.45, 7) is 5.69. The molecule has 3 nitrogen and oxygen atoms in total. The largest absolute Gasteiger partial charge is 0.474 e. The molecule has 0 aliphatic carbocycles. The third kappa shape index (κ3) is 2.36. The smallest absolute Gasteiger partial charge is 0.172 e. The van der Waals surface area contributed by atoms with Gasteiger partial charge < -0.3 is 9.64 Å². The first-order valence-electron chi connectivity index (χ1n) is 5.99. The van der Waals surface area contributed by atoms with E-state index in [1.807, 2.05) is 37.9 Å². The van der Waals surface area contributed by atoms with Crippen molar-refractivity contribution in [1.82, 2.24) is 0 Å². The summed E-state index contributed by atoms with van der Waals surface area (Å²) in [5, 5.41) is 0.615. The van der Waals surface area contributed by atoms with Crippen molar-refractivity contribution in [3.8, 4) is 0 Å². The van der Waals surface area contributed by atoms with E-state index in [4.69, 9.17) is 16.3 Å². The summed E-state index contributed by atoms with van der Waals surface area (Å²) in [6.07, 6.45) is 2.28. The van der Waals surface area contributed by atoms with Gasteiger partial charge in [0.15, 0.2) is 12.0 Å².